The van der Waals surface area contributed by atoms with E-state index in [-0.39, 0.29) is 47.9 Å². The Morgan fingerprint density at radius 2 is 2.08 bits per heavy atom. The van der Waals surface area contributed by atoms with E-state index in [9.17, 15) is 9.90 Å². The van der Waals surface area contributed by atoms with Gasteiger partial charge in [-0.05, 0) is 86.7 Å². The van der Waals surface area contributed by atoms with Gasteiger partial charge >= 0.3 is 0 Å². The molecule has 3 saturated carbocycles. The maximum Gasteiger partial charge on any atom is 0.186 e. The summed E-state index contributed by atoms with van der Waals surface area (Å²) < 4.78 is 13.7. The lowest BCUT2D eigenvalue weighted by Gasteiger charge is -2.61. The van der Waals surface area contributed by atoms with Crippen molar-refractivity contribution < 1.29 is 19.4 Å². The molecule has 4 fully saturated rings. The summed E-state index contributed by atoms with van der Waals surface area (Å²) in [5.41, 5.74) is -1.55. The van der Waals surface area contributed by atoms with Crippen LogP contribution < -0.4 is 5.32 Å². The standard InChI is InChI=1S/C34H54N2O4/c1-7-8-9-12-23(3)31-39-29-19-26-25-14-13-24-18-22(2)11-10-15-32(24,4)30(25)27(37)20-33(26,5)34(29,40-31)28(38)21-36-17-16-35-6/h10,15-17,22-27,29-31,36-37H,6-9,11-14,18-21H2,1-5H3/b17-16-/t22?,23?,24?,25?,26-,27?,29+,30+,31+,32?,33?,34+/m0/s1. The molecule has 2 N–H and O–H groups in total. The smallest absolute Gasteiger partial charge is 0.186 e. The molecule has 0 aromatic carbocycles. The number of rotatable bonds is 10. The minimum absolute atomic E-state index is 0.00856. The molecule has 1 saturated heterocycles. The number of hydrogen-bond donors (Lipinski definition) is 2. The first-order valence-corrected chi connectivity index (χ1v) is 16.2. The van der Waals surface area contributed by atoms with Gasteiger partial charge in [-0.1, -0.05) is 66.0 Å². The van der Waals surface area contributed by atoms with E-state index >= 15 is 0 Å². The molecule has 224 valence electrons. The minimum atomic E-state index is -1.05. The van der Waals surface area contributed by atoms with Gasteiger partial charge in [0, 0.05) is 23.7 Å². The lowest BCUT2D eigenvalue weighted by atomic mass is 9.45. The van der Waals surface area contributed by atoms with Crippen molar-refractivity contribution in [3.63, 3.8) is 0 Å². The normalized spacial score (nSPS) is 46.6. The molecule has 5 rings (SSSR count). The van der Waals surface area contributed by atoms with Gasteiger partial charge in [-0.3, -0.25) is 9.79 Å². The SMILES string of the molecule is C=N/C=C\NCC(=O)[C@@]12O[C@H](C(C)CCCCC)O[C@@H]1C[C@H]1C3CCC4CC(C)CC=CC4(C)[C@H]3C(O)CC12C. The van der Waals surface area contributed by atoms with Gasteiger partial charge in [0.2, 0.25) is 0 Å². The summed E-state index contributed by atoms with van der Waals surface area (Å²) in [4.78, 5) is 18.1. The highest BCUT2D eigenvalue weighted by Crippen LogP contribution is 2.70. The fourth-order valence-electron chi connectivity index (χ4n) is 10.1. The molecule has 0 radical (unpaired) electrons. The second-order valence-corrected chi connectivity index (χ2v) is 14.5. The van der Waals surface area contributed by atoms with Crippen LogP contribution in [-0.4, -0.2) is 48.3 Å². The van der Waals surface area contributed by atoms with E-state index in [0.29, 0.717) is 24.2 Å². The summed E-state index contributed by atoms with van der Waals surface area (Å²) >= 11 is 0. The van der Waals surface area contributed by atoms with Crippen molar-refractivity contribution in [3.8, 4) is 0 Å². The van der Waals surface area contributed by atoms with E-state index in [1.165, 1.54) is 25.7 Å². The van der Waals surface area contributed by atoms with E-state index in [0.717, 1.165) is 32.1 Å². The predicted molar refractivity (Wildman–Crippen MR) is 160 cm³/mol. The summed E-state index contributed by atoms with van der Waals surface area (Å²) in [6.45, 7) is 15.1. The molecule has 1 aliphatic heterocycles. The Bertz CT molecular complexity index is 996. The molecule has 0 bridgehead atoms. The van der Waals surface area contributed by atoms with E-state index in [4.69, 9.17) is 9.47 Å². The highest BCUT2D eigenvalue weighted by molar-refractivity contribution is 5.92. The molecule has 0 aromatic heterocycles. The number of Topliss-reactive ketones (excluding diaryl/α,β-unsaturated/α-hetero) is 1. The lowest BCUT2D eigenvalue weighted by molar-refractivity contribution is -0.212. The Labute approximate surface area is 242 Å². The van der Waals surface area contributed by atoms with Gasteiger partial charge in [0.1, 0.15) is 0 Å². The van der Waals surface area contributed by atoms with Crippen molar-refractivity contribution in [2.75, 3.05) is 6.54 Å². The van der Waals surface area contributed by atoms with Crippen LogP contribution in [0.1, 0.15) is 98.8 Å². The van der Waals surface area contributed by atoms with E-state index in [1.54, 1.807) is 12.4 Å². The van der Waals surface area contributed by atoms with Crippen LogP contribution in [-0.2, 0) is 14.3 Å². The number of aliphatic hydroxyl groups excluding tert-OH is 1. The van der Waals surface area contributed by atoms with E-state index in [2.05, 4.69) is 63.8 Å². The van der Waals surface area contributed by atoms with Crippen LogP contribution in [0.5, 0.6) is 0 Å². The fourth-order valence-corrected chi connectivity index (χ4v) is 10.1. The van der Waals surface area contributed by atoms with Crippen LogP contribution in [0.2, 0.25) is 0 Å². The first kappa shape index (κ1) is 30.0. The van der Waals surface area contributed by atoms with Crippen LogP contribution in [0.25, 0.3) is 0 Å². The van der Waals surface area contributed by atoms with Gasteiger partial charge in [-0.25, -0.2) is 0 Å². The van der Waals surface area contributed by atoms with Gasteiger partial charge in [-0.15, -0.1) is 0 Å². The first-order valence-electron chi connectivity index (χ1n) is 16.2. The third-order valence-electron chi connectivity index (χ3n) is 12.1. The summed E-state index contributed by atoms with van der Waals surface area (Å²) in [7, 11) is 0. The number of carbonyl (C=O) groups excluding carboxylic acids is 1. The van der Waals surface area contributed by atoms with Gasteiger partial charge < -0.3 is 19.9 Å². The third kappa shape index (κ3) is 4.74. The zero-order valence-corrected chi connectivity index (χ0v) is 25.6. The van der Waals surface area contributed by atoms with Crippen LogP contribution in [0.4, 0.5) is 0 Å². The molecule has 6 heteroatoms. The van der Waals surface area contributed by atoms with Crippen molar-refractivity contribution in [3.05, 3.63) is 24.6 Å². The maximum absolute atomic E-state index is 14.3. The van der Waals surface area contributed by atoms with Crippen molar-refractivity contribution in [1.82, 2.24) is 5.32 Å². The number of aliphatic imine (C=N–C) groups is 1. The molecule has 4 aliphatic carbocycles. The Morgan fingerprint density at radius 1 is 1.27 bits per heavy atom. The molecule has 0 spiro atoms. The average Bonchev–Trinajstić information content (AvgIpc) is 3.35. The molecule has 6 nitrogen and oxygen atoms in total. The molecular weight excluding hydrogens is 500 g/mol. The Hall–Kier alpha value is -1.50. The zero-order valence-electron chi connectivity index (χ0n) is 25.6. The molecule has 0 amide bonds. The van der Waals surface area contributed by atoms with Crippen molar-refractivity contribution in [2.45, 2.75) is 123 Å². The molecule has 12 atom stereocenters. The number of allylic oxidation sites excluding steroid dienone is 2. The molecule has 5 aliphatic rings. The number of aliphatic hydroxyl groups is 1. The van der Waals surface area contributed by atoms with Crippen molar-refractivity contribution >= 4 is 12.5 Å². The predicted octanol–water partition coefficient (Wildman–Crippen LogP) is 6.44. The molecular formula is C34H54N2O4. The number of nitrogens with zero attached hydrogens (tertiary/aromatic N) is 1. The largest absolute Gasteiger partial charge is 0.393 e. The number of ketones is 1. The topological polar surface area (TPSA) is 80.2 Å². The van der Waals surface area contributed by atoms with E-state index in [1.807, 2.05) is 0 Å². The Kier molecular flexibility index (Phi) is 8.73. The van der Waals surface area contributed by atoms with Crippen molar-refractivity contribution in [2.24, 2.45) is 51.3 Å². The van der Waals surface area contributed by atoms with Gasteiger partial charge in [0.15, 0.2) is 17.7 Å². The van der Waals surface area contributed by atoms with Gasteiger partial charge in [-0.2, -0.15) is 0 Å². The van der Waals surface area contributed by atoms with Gasteiger partial charge in [0.25, 0.3) is 0 Å². The summed E-state index contributed by atoms with van der Waals surface area (Å²) in [5, 5.41) is 15.2. The van der Waals surface area contributed by atoms with Crippen LogP contribution in [0.3, 0.4) is 0 Å². The summed E-state index contributed by atoms with van der Waals surface area (Å²) in [6, 6.07) is 0. The molecule has 40 heavy (non-hydrogen) atoms. The number of unbranched alkanes of at least 4 members (excludes halogenated alkanes) is 2. The highest BCUT2D eigenvalue weighted by Gasteiger charge is 2.76. The first-order chi connectivity index (χ1) is 19.1. The van der Waals surface area contributed by atoms with Crippen LogP contribution in [0.15, 0.2) is 29.5 Å². The zero-order chi connectivity index (χ0) is 28.7. The number of ether oxygens (including phenoxy) is 2. The van der Waals surface area contributed by atoms with Crippen LogP contribution in [0, 0.1) is 46.3 Å². The number of hydrogen-bond acceptors (Lipinski definition) is 6. The van der Waals surface area contributed by atoms with Crippen molar-refractivity contribution in [1.29, 1.82) is 0 Å². The second-order valence-electron chi connectivity index (χ2n) is 14.5. The Balaban J connectivity index is 1.47. The summed E-state index contributed by atoms with van der Waals surface area (Å²) in [5.74, 6) is 2.39. The maximum atomic E-state index is 14.3. The molecule has 0 aromatic rings. The third-order valence-corrected chi connectivity index (χ3v) is 12.1. The number of carbonyl (C=O) groups is 1. The summed E-state index contributed by atoms with van der Waals surface area (Å²) in [6.07, 6.45) is 17.6. The molecule has 1 heterocycles. The monoisotopic (exact) mass is 554 g/mol. The number of fused-ring (bicyclic) bond motifs is 7. The fraction of sp³-hybridized carbons (Fsp3) is 0.824. The number of nitrogens with one attached hydrogen (secondary N) is 1. The quantitative estimate of drug-likeness (QED) is 0.185. The minimum Gasteiger partial charge on any atom is -0.393 e. The average molecular weight is 555 g/mol. The van der Waals surface area contributed by atoms with E-state index < -0.39 is 17.1 Å². The molecule has 7 unspecified atom stereocenters. The highest BCUT2D eigenvalue weighted by atomic mass is 16.7. The van der Waals surface area contributed by atoms with Gasteiger partial charge in [0.05, 0.1) is 18.8 Å². The second kappa shape index (κ2) is 11.6. The lowest BCUT2D eigenvalue weighted by Crippen LogP contribution is -2.64. The Morgan fingerprint density at radius 3 is 2.83 bits per heavy atom. The van der Waals surface area contributed by atoms with Crippen LogP contribution >= 0.6 is 0 Å².